The van der Waals surface area contributed by atoms with E-state index in [9.17, 15) is 0 Å². The van der Waals surface area contributed by atoms with Crippen molar-refractivity contribution in [1.82, 2.24) is 0 Å². The summed E-state index contributed by atoms with van der Waals surface area (Å²) < 4.78 is 0. The highest BCUT2D eigenvalue weighted by Crippen LogP contribution is 2.54. The van der Waals surface area contributed by atoms with Crippen LogP contribution in [-0.4, -0.2) is 0 Å². The van der Waals surface area contributed by atoms with Gasteiger partial charge in [0.2, 0.25) is 0 Å². The van der Waals surface area contributed by atoms with Crippen molar-refractivity contribution in [3.8, 4) is 33.4 Å². The van der Waals surface area contributed by atoms with Crippen molar-refractivity contribution in [2.45, 2.75) is 60.8 Å². The summed E-state index contributed by atoms with van der Waals surface area (Å²) in [6, 6.07) is 51.7. The summed E-state index contributed by atoms with van der Waals surface area (Å²) in [6.07, 6.45) is 0. The lowest BCUT2D eigenvalue weighted by Crippen LogP contribution is -2.17. The van der Waals surface area contributed by atoms with Gasteiger partial charge in [0.05, 0.1) is 11.4 Å². The van der Waals surface area contributed by atoms with Crippen molar-refractivity contribution >= 4 is 28.4 Å². The second kappa shape index (κ2) is 13.3. The topological polar surface area (TPSA) is 15.3 Å². The van der Waals surface area contributed by atoms with Crippen LogP contribution in [0.5, 0.6) is 0 Å². The average molecular weight is 689 g/mol. The largest absolute Gasteiger partial charge is 0.355 e. The summed E-state index contributed by atoms with van der Waals surface area (Å²) in [5.74, 6) is 0. The minimum Gasteiger partial charge on any atom is -0.355 e. The van der Waals surface area contributed by atoms with Gasteiger partial charge in [0.25, 0.3) is 0 Å². The molecule has 1 aliphatic rings. The minimum atomic E-state index is -0.0807. The molecule has 8 rings (SSSR count). The molecule has 0 aromatic heterocycles. The van der Waals surface area contributed by atoms with Crippen LogP contribution in [0.1, 0.15) is 58.4 Å². The molecule has 0 spiro atoms. The van der Waals surface area contributed by atoms with Crippen molar-refractivity contribution in [1.29, 1.82) is 0 Å². The van der Waals surface area contributed by atoms with Gasteiger partial charge in [-0.15, -0.1) is 0 Å². The summed E-state index contributed by atoms with van der Waals surface area (Å²) in [5, 5.41) is 3.69. The van der Waals surface area contributed by atoms with E-state index in [4.69, 9.17) is 0 Å². The van der Waals surface area contributed by atoms with Crippen LogP contribution in [0.4, 0.5) is 28.4 Å². The van der Waals surface area contributed by atoms with Gasteiger partial charge in [-0.2, -0.15) is 0 Å². The molecule has 0 fully saturated rings. The number of nitrogens with zero attached hydrogens (tertiary/aromatic N) is 1. The maximum absolute atomic E-state index is 3.69. The molecule has 0 heterocycles. The third kappa shape index (κ3) is 6.13. The molecule has 7 aromatic rings. The van der Waals surface area contributed by atoms with Gasteiger partial charge in [0.1, 0.15) is 0 Å². The number of fused-ring (bicyclic) bond motifs is 3. The summed E-state index contributed by atoms with van der Waals surface area (Å²) in [6.45, 7) is 17.9. The Morgan fingerprint density at radius 1 is 0.472 bits per heavy atom. The van der Waals surface area contributed by atoms with Gasteiger partial charge in [-0.25, -0.2) is 0 Å². The number of rotatable bonds is 7. The molecule has 1 N–H and O–H groups in total. The highest BCUT2D eigenvalue weighted by molar-refractivity contribution is 5.96. The van der Waals surface area contributed by atoms with Crippen molar-refractivity contribution < 1.29 is 0 Å². The number of aryl methyl sites for hydroxylation is 6. The molecule has 0 saturated heterocycles. The smallest absolute Gasteiger partial charge is 0.0543 e. The Morgan fingerprint density at radius 3 is 1.68 bits per heavy atom. The monoisotopic (exact) mass is 688 g/mol. The molecule has 0 aliphatic heterocycles. The number of anilines is 5. The quantitative estimate of drug-likeness (QED) is 0.179. The number of hydrogen-bond donors (Lipinski definition) is 1. The zero-order valence-corrected chi connectivity index (χ0v) is 32.2. The third-order valence-corrected chi connectivity index (χ3v) is 11.2. The van der Waals surface area contributed by atoms with Crippen molar-refractivity contribution in [2.24, 2.45) is 0 Å². The Labute approximate surface area is 315 Å². The van der Waals surface area contributed by atoms with Crippen molar-refractivity contribution in [3.05, 3.63) is 184 Å². The predicted molar refractivity (Wildman–Crippen MR) is 228 cm³/mol. The molecule has 0 amide bonds. The van der Waals surface area contributed by atoms with E-state index in [-0.39, 0.29) is 5.41 Å². The van der Waals surface area contributed by atoms with Gasteiger partial charge in [0.15, 0.2) is 0 Å². The van der Waals surface area contributed by atoms with Crippen LogP contribution < -0.4 is 10.2 Å². The lowest BCUT2D eigenvalue weighted by Gasteiger charge is -2.31. The van der Waals surface area contributed by atoms with E-state index in [1.54, 1.807) is 0 Å². The maximum atomic E-state index is 3.69. The standard InChI is InChI=1S/C51H48N2/c1-32-26-34(3)49(35(4)27-32)52-42-16-11-14-40(30-42)38-22-24-39(25-23-38)41-15-12-17-43(31-41)53(50-36(5)28-33(2)29-37(50)6)47-21-13-20-46-48(47)44-18-9-10-19-45(44)51(46,7)8/h9-31,52H,1-8H3. The number of hydrogen-bond acceptors (Lipinski definition) is 2. The maximum Gasteiger partial charge on any atom is 0.0543 e. The van der Waals surface area contributed by atoms with Crippen LogP contribution in [0.2, 0.25) is 0 Å². The Balaban J connectivity index is 1.19. The van der Waals surface area contributed by atoms with Gasteiger partial charge >= 0.3 is 0 Å². The van der Waals surface area contributed by atoms with E-state index in [1.165, 1.54) is 95.0 Å². The molecule has 2 heteroatoms. The van der Waals surface area contributed by atoms with Gasteiger partial charge in [-0.1, -0.05) is 134 Å². The van der Waals surface area contributed by atoms with Crippen LogP contribution in [0.3, 0.4) is 0 Å². The number of nitrogens with one attached hydrogen (secondary N) is 1. The van der Waals surface area contributed by atoms with Gasteiger partial charge in [0, 0.05) is 28.0 Å². The lowest BCUT2D eigenvalue weighted by atomic mass is 9.82. The van der Waals surface area contributed by atoms with Gasteiger partial charge in [-0.05, 0) is 133 Å². The molecule has 0 radical (unpaired) electrons. The van der Waals surface area contributed by atoms with Crippen molar-refractivity contribution in [2.75, 3.05) is 10.2 Å². The Kier molecular flexibility index (Phi) is 8.58. The summed E-state index contributed by atoms with van der Waals surface area (Å²) in [4.78, 5) is 2.51. The average Bonchev–Trinajstić information content (AvgIpc) is 3.38. The first kappa shape index (κ1) is 34.2. The summed E-state index contributed by atoms with van der Waals surface area (Å²) in [7, 11) is 0. The van der Waals surface area contributed by atoms with Crippen LogP contribution in [-0.2, 0) is 5.41 Å². The molecule has 53 heavy (non-hydrogen) atoms. The van der Waals surface area contributed by atoms with Crippen LogP contribution in [0.25, 0.3) is 33.4 Å². The number of benzene rings is 7. The lowest BCUT2D eigenvalue weighted by molar-refractivity contribution is 0.660. The van der Waals surface area contributed by atoms with Crippen LogP contribution in [0, 0.1) is 41.5 Å². The van der Waals surface area contributed by atoms with Crippen molar-refractivity contribution in [3.63, 3.8) is 0 Å². The Hall–Kier alpha value is -5.86. The fraction of sp³-hybridized carbons (Fsp3) is 0.176. The highest BCUT2D eigenvalue weighted by Gasteiger charge is 2.38. The highest BCUT2D eigenvalue weighted by atomic mass is 15.1. The molecule has 7 aromatic carbocycles. The fourth-order valence-corrected chi connectivity index (χ4v) is 8.81. The van der Waals surface area contributed by atoms with Crippen LogP contribution in [0.15, 0.2) is 140 Å². The van der Waals surface area contributed by atoms with E-state index < -0.39 is 0 Å². The van der Waals surface area contributed by atoms with E-state index in [0.717, 1.165) is 11.4 Å². The normalized spacial score (nSPS) is 12.7. The first-order valence-electron chi connectivity index (χ1n) is 18.8. The first-order chi connectivity index (χ1) is 25.5. The second-order valence-electron chi connectivity index (χ2n) is 15.6. The SMILES string of the molecule is Cc1cc(C)c(Nc2cccc(-c3ccc(-c4cccc(N(c5cccc6c5-c5ccccc5C6(C)C)c5c(C)cc(C)cc5C)c4)cc3)c2)c(C)c1. The molecule has 1 aliphatic carbocycles. The molecule has 262 valence electrons. The molecule has 0 bridgehead atoms. The molecular formula is C51H48N2. The van der Waals surface area contributed by atoms with E-state index >= 15 is 0 Å². The van der Waals surface area contributed by atoms with Crippen LogP contribution >= 0.6 is 0 Å². The molecule has 0 unspecified atom stereocenters. The zero-order valence-electron chi connectivity index (χ0n) is 32.2. The second-order valence-corrected chi connectivity index (χ2v) is 15.6. The van der Waals surface area contributed by atoms with Gasteiger partial charge < -0.3 is 10.2 Å². The van der Waals surface area contributed by atoms with Gasteiger partial charge in [-0.3, -0.25) is 0 Å². The zero-order chi connectivity index (χ0) is 37.0. The predicted octanol–water partition coefficient (Wildman–Crippen LogP) is 14.4. The summed E-state index contributed by atoms with van der Waals surface area (Å²) in [5.41, 5.74) is 23.6. The van der Waals surface area contributed by atoms with E-state index in [0.29, 0.717) is 0 Å². The first-order valence-corrected chi connectivity index (χ1v) is 18.8. The van der Waals surface area contributed by atoms with E-state index in [1.807, 2.05) is 0 Å². The fourth-order valence-electron chi connectivity index (χ4n) is 8.81. The molecule has 0 saturated carbocycles. The van der Waals surface area contributed by atoms with E-state index in [2.05, 4.69) is 205 Å². The third-order valence-electron chi connectivity index (χ3n) is 11.2. The minimum absolute atomic E-state index is 0.0807. The Bertz CT molecular complexity index is 2470. The molecule has 0 atom stereocenters. The molecule has 2 nitrogen and oxygen atoms in total. The summed E-state index contributed by atoms with van der Waals surface area (Å²) >= 11 is 0. The molecular weight excluding hydrogens is 641 g/mol. The Morgan fingerprint density at radius 2 is 1.02 bits per heavy atom.